The second-order valence-corrected chi connectivity index (χ2v) is 5.52. The van der Waals surface area contributed by atoms with E-state index in [1.165, 1.54) is 6.07 Å². The maximum atomic E-state index is 12.4. The number of ether oxygens (including phenoxy) is 1. The maximum Gasteiger partial charge on any atom is 0.336 e. The standard InChI is InChI=1S/C15H14O4S/c1-19-13-8-4-2-6-11(13)10-20(18)14-9-5-3-7-12(14)15(16)17/h2-9H,10H2,1H3,(H,16,17). The number of hydrogen-bond donors (Lipinski definition) is 1. The zero-order valence-corrected chi connectivity index (χ0v) is 11.7. The molecule has 0 heterocycles. The lowest BCUT2D eigenvalue weighted by Crippen LogP contribution is -2.06. The molecule has 0 aliphatic rings. The van der Waals surface area contributed by atoms with Gasteiger partial charge in [-0.25, -0.2) is 4.79 Å². The summed E-state index contributed by atoms with van der Waals surface area (Å²) < 4.78 is 17.6. The molecule has 0 bridgehead atoms. The fraction of sp³-hybridized carbons (Fsp3) is 0.133. The third-order valence-corrected chi connectivity index (χ3v) is 4.26. The largest absolute Gasteiger partial charge is 0.496 e. The van der Waals surface area contributed by atoms with Crippen molar-refractivity contribution in [2.45, 2.75) is 10.6 Å². The first-order valence-corrected chi connectivity index (χ1v) is 7.28. The fourth-order valence-corrected chi connectivity index (χ4v) is 3.19. The van der Waals surface area contributed by atoms with E-state index in [0.717, 1.165) is 5.56 Å². The molecule has 0 aliphatic heterocycles. The van der Waals surface area contributed by atoms with Crippen LogP contribution in [0.1, 0.15) is 15.9 Å². The van der Waals surface area contributed by atoms with Crippen molar-refractivity contribution in [2.75, 3.05) is 7.11 Å². The van der Waals surface area contributed by atoms with Gasteiger partial charge in [0, 0.05) is 5.56 Å². The molecule has 0 aromatic heterocycles. The number of methoxy groups -OCH3 is 1. The van der Waals surface area contributed by atoms with Gasteiger partial charge in [-0.05, 0) is 18.2 Å². The number of benzene rings is 2. The van der Waals surface area contributed by atoms with Gasteiger partial charge >= 0.3 is 5.97 Å². The first kappa shape index (κ1) is 14.3. The van der Waals surface area contributed by atoms with Crippen LogP contribution in [0.25, 0.3) is 0 Å². The molecule has 5 heteroatoms. The quantitative estimate of drug-likeness (QED) is 0.919. The third-order valence-electron chi connectivity index (χ3n) is 2.84. The maximum absolute atomic E-state index is 12.4. The van der Waals surface area contributed by atoms with Crippen molar-refractivity contribution in [1.82, 2.24) is 0 Å². The topological polar surface area (TPSA) is 63.6 Å². The Morgan fingerprint density at radius 1 is 1.15 bits per heavy atom. The summed E-state index contributed by atoms with van der Waals surface area (Å²) in [5.41, 5.74) is 0.856. The summed E-state index contributed by atoms with van der Waals surface area (Å²) in [5.74, 6) is -0.212. The molecule has 4 nitrogen and oxygen atoms in total. The normalized spacial score (nSPS) is 11.8. The molecule has 0 saturated carbocycles. The van der Waals surface area contributed by atoms with Gasteiger partial charge in [0.05, 0.1) is 34.1 Å². The van der Waals surface area contributed by atoms with Gasteiger partial charge in [0.2, 0.25) is 0 Å². The molecule has 0 spiro atoms. The Balaban J connectivity index is 2.31. The molecule has 2 aromatic carbocycles. The van der Waals surface area contributed by atoms with Crippen LogP contribution in [0.3, 0.4) is 0 Å². The van der Waals surface area contributed by atoms with Crippen molar-refractivity contribution in [1.29, 1.82) is 0 Å². The molecule has 1 unspecified atom stereocenters. The van der Waals surface area contributed by atoms with Crippen LogP contribution < -0.4 is 4.74 Å². The zero-order valence-electron chi connectivity index (χ0n) is 10.9. The van der Waals surface area contributed by atoms with Crippen molar-refractivity contribution >= 4 is 16.8 Å². The van der Waals surface area contributed by atoms with Gasteiger partial charge in [-0.2, -0.15) is 0 Å². The molecular weight excluding hydrogens is 276 g/mol. The molecule has 1 N–H and O–H groups in total. The molecule has 0 radical (unpaired) electrons. The van der Waals surface area contributed by atoms with E-state index < -0.39 is 16.8 Å². The molecule has 0 fully saturated rings. The molecule has 0 aliphatic carbocycles. The van der Waals surface area contributed by atoms with Gasteiger partial charge in [0.1, 0.15) is 5.75 Å². The van der Waals surface area contributed by atoms with Crippen LogP contribution in [0.2, 0.25) is 0 Å². The van der Waals surface area contributed by atoms with Gasteiger partial charge < -0.3 is 9.84 Å². The van der Waals surface area contributed by atoms with Crippen molar-refractivity contribution in [3.63, 3.8) is 0 Å². The highest BCUT2D eigenvalue weighted by atomic mass is 32.2. The summed E-state index contributed by atoms with van der Waals surface area (Å²) in [6.45, 7) is 0. The van der Waals surface area contributed by atoms with Crippen LogP contribution in [0, 0.1) is 0 Å². The highest BCUT2D eigenvalue weighted by Crippen LogP contribution is 2.23. The molecule has 104 valence electrons. The molecule has 1 atom stereocenters. The van der Waals surface area contributed by atoms with Crippen molar-refractivity contribution in [2.24, 2.45) is 0 Å². The van der Waals surface area contributed by atoms with Crippen LogP contribution in [-0.4, -0.2) is 22.4 Å². The second kappa shape index (κ2) is 6.34. The lowest BCUT2D eigenvalue weighted by Gasteiger charge is -2.09. The van der Waals surface area contributed by atoms with E-state index in [1.807, 2.05) is 18.2 Å². The highest BCUT2D eigenvalue weighted by molar-refractivity contribution is 7.84. The molecule has 20 heavy (non-hydrogen) atoms. The Bertz CT molecular complexity index is 652. The lowest BCUT2D eigenvalue weighted by atomic mass is 10.2. The van der Waals surface area contributed by atoms with Gasteiger partial charge in [0.15, 0.2) is 0 Å². The number of carboxylic acid groups (broad SMARTS) is 1. The van der Waals surface area contributed by atoms with Crippen LogP contribution in [0.5, 0.6) is 5.75 Å². The van der Waals surface area contributed by atoms with Gasteiger partial charge in [-0.1, -0.05) is 30.3 Å². The number of rotatable bonds is 5. The molecule has 2 rings (SSSR count). The predicted octanol–water partition coefficient (Wildman–Crippen LogP) is 2.70. The minimum atomic E-state index is -1.44. The van der Waals surface area contributed by atoms with E-state index in [1.54, 1.807) is 31.4 Å². The van der Waals surface area contributed by atoms with E-state index >= 15 is 0 Å². The number of carboxylic acids is 1. The van der Waals surface area contributed by atoms with Gasteiger partial charge in [0.25, 0.3) is 0 Å². The van der Waals surface area contributed by atoms with E-state index in [2.05, 4.69) is 0 Å². The monoisotopic (exact) mass is 290 g/mol. The predicted molar refractivity (Wildman–Crippen MR) is 76.5 cm³/mol. The first-order chi connectivity index (χ1) is 9.63. The molecule has 2 aromatic rings. The van der Waals surface area contributed by atoms with Crippen molar-refractivity contribution < 1.29 is 18.8 Å². The third kappa shape index (κ3) is 3.05. The molecule has 0 amide bonds. The first-order valence-electron chi connectivity index (χ1n) is 5.96. The Hall–Kier alpha value is -2.14. The summed E-state index contributed by atoms with van der Waals surface area (Å²) in [7, 11) is 0.109. The second-order valence-electron chi connectivity index (χ2n) is 4.10. The summed E-state index contributed by atoms with van der Waals surface area (Å²) in [4.78, 5) is 11.5. The summed E-state index contributed by atoms with van der Waals surface area (Å²) in [5, 5.41) is 9.12. The Morgan fingerprint density at radius 3 is 2.50 bits per heavy atom. The van der Waals surface area contributed by atoms with Crippen LogP contribution in [0.15, 0.2) is 53.4 Å². The van der Waals surface area contributed by atoms with E-state index in [4.69, 9.17) is 9.84 Å². The van der Waals surface area contributed by atoms with E-state index in [0.29, 0.717) is 10.6 Å². The zero-order chi connectivity index (χ0) is 14.5. The highest BCUT2D eigenvalue weighted by Gasteiger charge is 2.16. The summed E-state index contributed by atoms with van der Waals surface area (Å²) in [6, 6.07) is 13.6. The van der Waals surface area contributed by atoms with Crippen LogP contribution in [-0.2, 0) is 16.6 Å². The smallest absolute Gasteiger partial charge is 0.336 e. The number of para-hydroxylation sites is 1. The average molecular weight is 290 g/mol. The summed E-state index contributed by atoms with van der Waals surface area (Å²) >= 11 is 0. The van der Waals surface area contributed by atoms with Gasteiger partial charge in [-0.3, -0.25) is 4.21 Å². The Morgan fingerprint density at radius 2 is 1.80 bits per heavy atom. The van der Waals surface area contributed by atoms with Gasteiger partial charge in [-0.15, -0.1) is 0 Å². The fourth-order valence-electron chi connectivity index (χ4n) is 1.88. The number of hydrogen-bond acceptors (Lipinski definition) is 3. The Kier molecular flexibility index (Phi) is 4.53. The summed E-state index contributed by atoms with van der Waals surface area (Å²) in [6.07, 6.45) is 0. The number of aromatic carboxylic acids is 1. The Labute approximate surface area is 119 Å². The molecular formula is C15H14O4S. The van der Waals surface area contributed by atoms with Crippen LogP contribution >= 0.6 is 0 Å². The SMILES string of the molecule is COc1ccccc1CS(=O)c1ccccc1C(=O)O. The minimum absolute atomic E-state index is 0.0701. The average Bonchev–Trinajstić information content (AvgIpc) is 2.47. The van der Waals surface area contributed by atoms with Crippen molar-refractivity contribution in [3.8, 4) is 5.75 Å². The van der Waals surface area contributed by atoms with Crippen molar-refractivity contribution in [3.05, 3.63) is 59.7 Å². The lowest BCUT2D eigenvalue weighted by molar-refractivity contribution is 0.0693. The van der Waals surface area contributed by atoms with Crippen LogP contribution in [0.4, 0.5) is 0 Å². The van der Waals surface area contributed by atoms with E-state index in [9.17, 15) is 9.00 Å². The van der Waals surface area contributed by atoms with E-state index in [-0.39, 0.29) is 11.3 Å². The number of carbonyl (C=O) groups is 1. The minimum Gasteiger partial charge on any atom is -0.496 e. The molecule has 0 saturated heterocycles.